The van der Waals surface area contributed by atoms with E-state index >= 15 is 0 Å². The van der Waals surface area contributed by atoms with Crippen LogP contribution in [0, 0.1) is 0 Å². The van der Waals surface area contributed by atoms with Gasteiger partial charge in [0.15, 0.2) is 12.0 Å². The Morgan fingerprint density at radius 2 is 1.38 bits per heavy atom. The van der Waals surface area contributed by atoms with Crippen molar-refractivity contribution >= 4 is 69.8 Å². The molecule has 1 unspecified atom stereocenters. The number of fused-ring (bicyclic) bond motifs is 10. The van der Waals surface area contributed by atoms with E-state index in [9.17, 15) is 0 Å². The second-order valence-corrected chi connectivity index (χ2v) is 11.2. The normalized spacial score (nSPS) is 14.8. The van der Waals surface area contributed by atoms with Crippen LogP contribution in [-0.2, 0) is 0 Å². The van der Waals surface area contributed by atoms with Gasteiger partial charge in [0.25, 0.3) is 0 Å². The summed E-state index contributed by atoms with van der Waals surface area (Å²) in [7, 11) is 0. The molecule has 6 aromatic carbocycles. The van der Waals surface area contributed by atoms with Gasteiger partial charge < -0.3 is 14.6 Å². The number of para-hydroxylation sites is 2. The van der Waals surface area contributed by atoms with E-state index in [-0.39, 0.29) is 6.23 Å². The number of rotatable bonds is 2. The third-order valence-electron chi connectivity index (χ3n) is 8.01. The number of aromatic nitrogens is 1. The van der Waals surface area contributed by atoms with Crippen LogP contribution in [0.3, 0.4) is 0 Å². The SMILES string of the molecule is c1ccc(-n2c3ccccc3c3c(C4Nc5ccc6sc7ccccc7c6c5O4)cc4ccccc4c32)cc1. The van der Waals surface area contributed by atoms with Gasteiger partial charge in [-0.25, -0.2) is 0 Å². The van der Waals surface area contributed by atoms with Gasteiger partial charge in [-0.1, -0.05) is 78.9 Å². The summed E-state index contributed by atoms with van der Waals surface area (Å²) in [6.45, 7) is 0. The Morgan fingerprint density at radius 1 is 0.641 bits per heavy atom. The zero-order chi connectivity index (χ0) is 25.5. The lowest BCUT2D eigenvalue weighted by Gasteiger charge is -2.16. The third-order valence-corrected chi connectivity index (χ3v) is 9.14. The minimum atomic E-state index is -0.300. The minimum absolute atomic E-state index is 0.300. The van der Waals surface area contributed by atoms with Gasteiger partial charge in [-0.05, 0) is 47.9 Å². The molecule has 0 aliphatic carbocycles. The van der Waals surface area contributed by atoms with Crippen molar-refractivity contribution in [3.8, 4) is 11.4 Å². The molecule has 0 spiro atoms. The van der Waals surface area contributed by atoms with Gasteiger partial charge in [-0.15, -0.1) is 11.3 Å². The van der Waals surface area contributed by atoms with Gasteiger partial charge in [0.2, 0.25) is 0 Å². The highest BCUT2D eigenvalue weighted by molar-refractivity contribution is 7.25. The standard InChI is InChI=1S/C35H22N2OS/c1-2-11-22(12-3-1)37-28-16-8-6-14-24(28)31-26(20-21-10-4-5-13-23(21)33(31)37)35-36-27-18-19-30-32(34(27)38-35)25-15-7-9-17-29(25)39-30/h1-20,35-36H. The number of hydrogen-bond acceptors (Lipinski definition) is 3. The van der Waals surface area contributed by atoms with E-state index in [0.29, 0.717) is 0 Å². The highest BCUT2D eigenvalue weighted by Crippen LogP contribution is 2.50. The molecule has 0 fully saturated rings. The summed E-state index contributed by atoms with van der Waals surface area (Å²) >= 11 is 1.82. The molecule has 0 bridgehead atoms. The van der Waals surface area contributed by atoms with E-state index in [2.05, 4.69) is 131 Å². The maximum absolute atomic E-state index is 6.88. The summed E-state index contributed by atoms with van der Waals surface area (Å²) in [5.41, 5.74) is 5.75. The Morgan fingerprint density at radius 3 is 2.28 bits per heavy atom. The number of benzene rings is 6. The fraction of sp³-hybridized carbons (Fsp3) is 0.0286. The van der Waals surface area contributed by atoms with Crippen LogP contribution in [-0.4, -0.2) is 4.57 Å². The van der Waals surface area contributed by atoms with Gasteiger partial charge in [0.1, 0.15) is 0 Å². The van der Waals surface area contributed by atoms with Crippen LogP contribution in [0.25, 0.3) is 58.4 Å². The lowest BCUT2D eigenvalue weighted by Crippen LogP contribution is -2.11. The second kappa shape index (κ2) is 7.85. The fourth-order valence-corrected chi connectivity index (χ4v) is 7.47. The molecule has 2 aromatic heterocycles. The average molecular weight is 519 g/mol. The van der Waals surface area contributed by atoms with Crippen LogP contribution in [0.15, 0.2) is 121 Å². The first-order valence-electron chi connectivity index (χ1n) is 13.2. The van der Waals surface area contributed by atoms with Crippen molar-refractivity contribution in [1.29, 1.82) is 0 Å². The van der Waals surface area contributed by atoms with E-state index in [0.717, 1.165) is 22.7 Å². The van der Waals surface area contributed by atoms with E-state index in [1.807, 2.05) is 11.3 Å². The number of nitrogens with one attached hydrogen (secondary N) is 1. The Labute approximate surface area is 228 Å². The third kappa shape index (κ3) is 2.92. The van der Waals surface area contributed by atoms with Crippen molar-refractivity contribution in [2.45, 2.75) is 6.23 Å². The highest BCUT2D eigenvalue weighted by Gasteiger charge is 2.30. The maximum Gasteiger partial charge on any atom is 0.197 e. The lowest BCUT2D eigenvalue weighted by atomic mass is 9.99. The first-order valence-corrected chi connectivity index (χ1v) is 14.0. The summed E-state index contributed by atoms with van der Waals surface area (Å²) in [5.74, 6) is 0.947. The molecule has 0 saturated heterocycles. The maximum atomic E-state index is 6.88. The predicted molar refractivity (Wildman–Crippen MR) is 165 cm³/mol. The Balaban J connectivity index is 1.35. The van der Waals surface area contributed by atoms with Gasteiger partial charge in [-0.3, -0.25) is 0 Å². The Kier molecular flexibility index (Phi) is 4.26. The van der Waals surface area contributed by atoms with Crippen molar-refractivity contribution in [1.82, 2.24) is 4.57 Å². The zero-order valence-corrected chi connectivity index (χ0v) is 21.7. The summed E-state index contributed by atoms with van der Waals surface area (Å²) in [4.78, 5) is 0. The van der Waals surface area contributed by atoms with Crippen LogP contribution in [0.1, 0.15) is 11.8 Å². The molecular weight excluding hydrogens is 496 g/mol. The molecule has 39 heavy (non-hydrogen) atoms. The second-order valence-electron chi connectivity index (χ2n) is 10.2. The average Bonchev–Trinajstić information content (AvgIpc) is 3.69. The molecule has 1 atom stereocenters. The molecule has 3 heterocycles. The fourth-order valence-electron chi connectivity index (χ4n) is 6.37. The molecule has 8 aromatic rings. The topological polar surface area (TPSA) is 26.2 Å². The quantitative estimate of drug-likeness (QED) is 0.246. The molecule has 3 nitrogen and oxygen atoms in total. The summed E-state index contributed by atoms with van der Waals surface area (Å²) in [6, 6.07) is 43.4. The van der Waals surface area contributed by atoms with Gasteiger partial charge in [0.05, 0.1) is 16.7 Å². The Hall–Kier alpha value is -4.80. The van der Waals surface area contributed by atoms with Crippen LogP contribution in [0.5, 0.6) is 5.75 Å². The lowest BCUT2D eigenvalue weighted by molar-refractivity contribution is 0.264. The van der Waals surface area contributed by atoms with E-state index in [4.69, 9.17) is 4.74 Å². The number of nitrogens with zero attached hydrogens (tertiary/aromatic N) is 1. The molecule has 1 aliphatic rings. The first-order chi connectivity index (χ1) is 19.3. The Bertz CT molecular complexity index is 2240. The van der Waals surface area contributed by atoms with Crippen molar-refractivity contribution < 1.29 is 4.74 Å². The molecule has 0 saturated carbocycles. The summed E-state index contributed by atoms with van der Waals surface area (Å²) < 4.78 is 11.8. The van der Waals surface area contributed by atoms with Crippen molar-refractivity contribution in [3.05, 3.63) is 127 Å². The number of thiophene rings is 1. The molecule has 4 heteroatoms. The highest BCUT2D eigenvalue weighted by atomic mass is 32.1. The van der Waals surface area contributed by atoms with E-state index in [1.54, 1.807) is 0 Å². The van der Waals surface area contributed by atoms with E-state index < -0.39 is 0 Å². The molecule has 9 rings (SSSR count). The smallest absolute Gasteiger partial charge is 0.197 e. The van der Waals surface area contributed by atoms with E-state index in [1.165, 1.54) is 52.8 Å². The van der Waals surface area contributed by atoms with Crippen molar-refractivity contribution in [3.63, 3.8) is 0 Å². The zero-order valence-electron chi connectivity index (χ0n) is 20.9. The molecular formula is C35H22N2OS. The summed E-state index contributed by atoms with van der Waals surface area (Å²) in [6.07, 6.45) is -0.300. The number of ether oxygens (including phenoxy) is 1. The molecule has 0 radical (unpaired) electrons. The summed E-state index contributed by atoms with van der Waals surface area (Å²) in [5, 5.41) is 11.1. The van der Waals surface area contributed by atoms with Crippen LogP contribution >= 0.6 is 11.3 Å². The van der Waals surface area contributed by atoms with Crippen LogP contribution in [0.2, 0.25) is 0 Å². The van der Waals surface area contributed by atoms with Crippen molar-refractivity contribution in [2.75, 3.05) is 5.32 Å². The van der Waals surface area contributed by atoms with Crippen molar-refractivity contribution in [2.24, 2.45) is 0 Å². The first kappa shape index (κ1) is 21.2. The van der Waals surface area contributed by atoms with Crippen LogP contribution in [0.4, 0.5) is 5.69 Å². The predicted octanol–water partition coefficient (Wildman–Crippen LogP) is 9.81. The van der Waals surface area contributed by atoms with Gasteiger partial charge >= 0.3 is 0 Å². The van der Waals surface area contributed by atoms with Gasteiger partial charge in [0, 0.05) is 47.6 Å². The monoisotopic (exact) mass is 518 g/mol. The molecule has 1 N–H and O–H groups in total. The van der Waals surface area contributed by atoms with Gasteiger partial charge in [-0.2, -0.15) is 0 Å². The number of anilines is 1. The molecule has 1 aliphatic heterocycles. The molecule has 184 valence electrons. The molecule has 0 amide bonds. The number of hydrogen-bond donors (Lipinski definition) is 1. The minimum Gasteiger partial charge on any atom is -0.464 e. The largest absolute Gasteiger partial charge is 0.464 e. The van der Waals surface area contributed by atoms with Crippen LogP contribution < -0.4 is 10.1 Å².